The van der Waals surface area contributed by atoms with Crippen molar-refractivity contribution in [3.8, 4) is 5.75 Å². The lowest BCUT2D eigenvalue weighted by Crippen LogP contribution is -2.31. The van der Waals surface area contributed by atoms with Crippen molar-refractivity contribution in [2.45, 2.75) is 39.7 Å². The Hall–Kier alpha value is -1.02. The Morgan fingerprint density at radius 3 is 2.83 bits per heavy atom. The van der Waals surface area contributed by atoms with E-state index in [1.807, 2.05) is 0 Å². The van der Waals surface area contributed by atoms with Gasteiger partial charge in [0.1, 0.15) is 11.9 Å². The Balaban J connectivity index is 1.47. The summed E-state index contributed by atoms with van der Waals surface area (Å²) in [6.45, 7) is 8.96. The van der Waals surface area contributed by atoms with E-state index in [1.54, 1.807) is 0 Å². The normalized spacial score (nSPS) is 27.7. The number of aryl methyl sites for hydroxylation is 1. The smallest absolute Gasteiger partial charge is 0.123 e. The lowest BCUT2D eigenvalue weighted by Gasteiger charge is -2.12. The molecular weight excluding hydrogens is 222 g/mol. The molecule has 0 aromatic heterocycles. The predicted octanol–water partition coefficient (Wildman–Crippen LogP) is 2.93. The number of rotatable bonds is 4. The zero-order chi connectivity index (χ0) is 12.8. The van der Waals surface area contributed by atoms with Crippen LogP contribution in [0.4, 0.5) is 0 Å². The molecule has 1 aliphatic heterocycles. The second-order valence-electron chi connectivity index (χ2n) is 6.60. The second-order valence-corrected chi connectivity index (χ2v) is 6.60. The minimum Gasteiger partial charge on any atom is -0.488 e. The van der Waals surface area contributed by atoms with E-state index in [9.17, 15) is 0 Å². The molecule has 2 heteroatoms. The lowest BCUT2D eigenvalue weighted by atomic mass is 10.1. The first-order valence-corrected chi connectivity index (χ1v) is 7.01. The largest absolute Gasteiger partial charge is 0.488 e. The monoisotopic (exact) mass is 245 g/mol. The molecule has 1 aromatic carbocycles. The number of hydrogen-bond donors (Lipinski definition) is 1. The van der Waals surface area contributed by atoms with Gasteiger partial charge in [-0.2, -0.15) is 0 Å². The Morgan fingerprint density at radius 2 is 2.11 bits per heavy atom. The van der Waals surface area contributed by atoms with E-state index in [1.165, 1.54) is 17.5 Å². The SMILES string of the molecule is Cc1ccc2c(c1)CC(CNCC1CC1(C)C)O2. The van der Waals surface area contributed by atoms with Crippen LogP contribution >= 0.6 is 0 Å². The highest BCUT2D eigenvalue weighted by atomic mass is 16.5. The molecule has 1 heterocycles. The summed E-state index contributed by atoms with van der Waals surface area (Å²) in [4.78, 5) is 0. The summed E-state index contributed by atoms with van der Waals surface area (Å²) in [6, 6.07) is 6.48. The second kappa shape index (κ2) is 4.27. The molecule has 1 N–H and O–H groups in total. The highest BCUT2D eigenvalue weighted by Crippen LogP contribution is 2.50. The van der Waals surface area contributed by atoms with Crippen molar-refractivity contribution in [1.29, 1.82) is 0 Å². The lowest BCUT2D eigenvalue weighted by molar-refractivity contribution is 0.226. The first-order chi connectivity index (χ1) is 8.54. The van der Waals surface area contributed by atoms with Crippen LogP contribution in [0.3, 0.4) is 0 Å². The van der Waals surface area contributed by atoms with Crippen molar-refractivity contribution in [1.82, 2.24) is 5.32 Å². The van der Waals surface area contributed by atoms with Crippen LogP contribution < -0.4 is 10.1 Å². The van der Waals surface area contributed by atoms with Crippen LogP contribution in [-0.4, -0.2) is 19.2 Å². The van der Waals surface area contributed by atoms with Crippen molar-refractivity contribution in [2.75, 3.05) is 13.1 Å². The van der Waals surface area contributed by atoms with E-state index in [0.717, 1.165) is 31.2 Å². The van der Waals surface area contributed by atoms with E-state index in [0.29, 0.717) is 11.5 Å². The van der Waals surface area contributed by atoms with Crippen molar-refractivity contribution in [2.24, 2.45) is 11.3 Å². The van der Waals surface area contributed by atoms with Gasteiger partial charge in [0.25, 0.3) is 0 Å². The molecule has 3 rings (SSSR count). The molecule has 0 saturated heterocycles. The fraction of sp³-hybridized carbons (Fsp3) is 0.625. The number of hydrogen-bond acceptors (Lipinski definition) is 2. The van der Waals surface area contributed by atoms with Crippen LogP contribution in [0.2, 0.25) is 0 Å². The van der Waals surface area contributed by atoms with Crippen molar-refractivity contribution >= 4 is 0 Å². The van der Waals surface area contributed by atoms with Crippen LogP contribution in [0.1, 0.15) is 31.4 Å². The molecule has 1 aromatic rings. The molecule has 2 nitrogen and oxygen atoms in total. The first-order valence-electron chi connectivity index (χ1n) is 7.01. The number of benzene rings is 1. The molecule has 0 amide bonds. The van der Waals surface area contributed by atoms with Gasteiger partial charge in [-0.25, -0.2) is 0 Å². The summed E-state index contributed by atoms with van der Waals surface area (Å²) in [5.74, 6) is 1.95. The minimum absolute atomic E-state index is 0.323. The maximum Gasteiger partial charge on any atom is 0.123 e. The quantitative estimate of drug-likeness (QED) is 0.880. The van der Waals surface area contributed by atoms with Crippen LogP contribution in [0.5, 0.6) is 5.75 Å². The molecule has 2 aliphatic rings. The number of ether oxygens (including phenoxy) is 1. The van der Waals surface area contributed by atoms with Gasteiger partial charge in [0.05, 0.1) is 0 Å². The Kier molecular flexibility index (Phi) is 2.86. The zero-order valence-electron chi connectivity index (χ0n) is 11.6. The summed E-state index contributed by atoms with van der Waals surface area (Å²) in [7, 11) is 0. The van der Waals surface area contributed by atoms with Gasteiger partial charge in [0.2, 0.25) is 0 Å². The fourth-order valence-electron chi connectivity index (χ4n) is 2.91. The van der Waals surface area contributed by atoms with Gasteiger partial charge in [-0.15, -0.1) is 0 Å². The molecule has 0 radical (unpaired) electrons. The van der Waals surface area contributed by atoms with Crippen LogP contribution in [0, 0.1) is 18.3 Å². The average molecular weight is 245 g/mol. The summed E-state index contributed by atoms with van der Waals surface area (Å²) in [5, 5.41) is 3.57. The van der Waals surface area contributed by atoms with Crippen molar-refractivity contribution in [3.63, 3.8) is 0 Å². The van der Waals surface area contributed by atoms with Crippen LogP contribution in [0.25, 0.3) is 0 Å². The molecule has 2 unspecified atom stereocenters. The number of fused-ring (bicyclic) bond motifs is 1. The standard InChI is InChI=1S/C16H23NO/c1-11-4-5-15-12(6-11)7-14(18-15)10-17-9-13-8-16(13,2)3/h4-6,13-14,17H,7-10H2,1-3H3. The summed E-state index contributed by atoms with van der Waals surface area (Å²) in [6.07, 6.45) is 2.74. The Labute approximate surface area is 110 Å². The molecule has 0 bridgehead atoms. The minimum atomic E-state index is 0.323. The molecule has 98 valence electrons. The van der Waals surface area contributed by atoms with Gasteiger partial charge in [-0.1, -0.05) is 31.5 Å². The summed E-state index contributed by atoms with van der Waals surface area (Å²) >= 11 is 0. The van der Waals surface area contributed by atoms with E-state index >= 15 is 0 Å². The van der Waals surface area contributed by atoms with Gasteiger partial charge < -0.3 is 10.1 Å². The fourth-order valence-corrected chi connectivity index (χ4v) is 2.91. The highest BCUT2D eigenvalue weighted by Gasteiger charge is 2.44. The third-order valence-corrected chi connectivity index (χ3v) is 4.44. The van der Waals surface area contributed by atoms with Gasteiger partial charge in [0.15, 0.2) is 0 Å². The van der Waals surface area contributed by atoms with Crippen LogP contribution in [0.15, 0.2) is 18.2 Å². The Bertz CT molecular complexity index is 452. The topological polar surface area (TPSA) is 21.3 Å². The van der Waals surface area contributed by atoms with E-state index in [4.69, 9.17) is 4.74 Å². The molecule has 2 atom stereocenters. The molecule has 1 fully saturated rings. The first kappa shape index (κ1) is 12.0. The highest BCUT2D eigenvalue weighted by molar-refractivity contribution is 5.40. The van der Waals surface area contributed by atoms with Gasteiger partial charge in [-0.3, -0.25) is 0 Å². The van der Waals surface area contributed by atoms with Gasteiger partial charge in [-0.05, 0) is 42.9 Å². The molecule has 1 aliphatic carbocycles. The molecule has 0 spiro atoms. The van der Waals surface area contributed by atoms with E-state index < -0.39 is 0 Å². The molecule has 18 heavy (non-hydrogen) atoms. The Morgan fingerprint density at radius 1 is 1.33 bits per heavy atom. The average Bonchev–Trinajstić information content (AvgIpc) is 2.72. The maximum absolute atomic E-state index is 5.95. The molecule has 1 saturated carbocycles. The van der Waals surface area contributed by atoms with Crippen molar-refractivity contribution < 1.29 is 4.74 Å². The third-order valence-electron chi connectivity index (χ3n) is 4.44. The van der Waals surface area contributed by atoms with E-state index in [-0.39, 0.29) is 0 Å². The molecular formula is C16H23NO. The third kappa shape index (κ3) is 2.39. The van der Waals surface area contributed by atoms with Gasteiger partial charge >= 0.3 is 0 Å². The van der Waals surface area contributed by atoms with E-state index in [2.05, 4.69) is 44.3 Å². The van der Waals surface area contributed by atoms with Crippen LogP contribution in [-0.2, 0) is 6.42 Å². The maximum atomic E-state index is 5.95. The van der Waals surface area contributed by atoms with Crippen molar-refractivity contribution in [3.05, 3.63) is 29.3 Å². The van der Waals surface area contributed by atoms with Gasteiger partial charge in [0, 0.05) is 13.0 Å². The summed E-state index contributed by atoms with van der Waals surface area (Å²) in [5.41, 5.74) is 3.27. The summed E-state index contributed by atoms with van der Waals surface area (Å²) < 4.78 is 5.95. The number of nitrogens with one attached hydrogen (secondary N) is 1. The predicted molar refractivity (Wildman–Crippen MR) is 74.1 cm³/mol. The zero-order valence-corrected chi connectivity index (χ0v) is 11.6.